The number of Topliss-reactive ketones (excluding diaryl/α,β-unsaturated/α-hetero) is 1. The van der Waals surface area contributed by atoms with E-state index in [1.807, 2.05) is 24.5 Å². The van der Waals surface area contributed by atoms with Gasteiger partial charge in [0, 0.05) is 25.9 Å². The minimum atomic E-state index is 0.362. The number of imidazole rings is 1. The fraction of sp³-hybridized carbons (Fsp3) is 0.333. The smallest absolute Gasteiger partial charge is 0.136 e. The normalized spacial score (nSPS) is 17.0. The first-order valence-electron chi connectivity index (χ1n) is 5.53. The van der Waals surface area contributed by atoms with Crippen molar-refractivity contribution in [1.29, 1.82) is 0 Å². The molecule has 0 saturated carbocycles. The first kappa shape index (κ1) is 9.39. The second-order valence-electron chi connectivity index (χ2n) is 4.07. The standard InChI is InChI=1S/C12H13N3O/c16-10-5-7-14(8-6-10)15-9-13-11-3-1-2-4-12(11)15/h1-4,9H,5-8H2. The highest BCUT2D eigenvalue weighted by molar-refractivity contribution is 5.80. The molecule has 4 heteroatoms. The molecule has 1 saturated heterocycles. The van der Waals surface area contributed by atoms with Gasteiger partial charge in [0.1, 0.15) is 12.1 Å². The number of para-hydroxylation sites is 2. The maximum Gasteiger partial charge on any atom is 0.136 e. The number of nitrogens with zero attached hydrogens (tertiary/aromatic N) is 3. The minimum Gasteiger partial charge on any atom is -0.310 e. The quantitative estimate of drug-likeness (QED) is 0.720. The van der Waals surface area contributed by atoms with Crippen molar-refractivity contribution in [2.45, 2.75) is 12.8 Å². The van der Waals surface area contributed by atoms with Crippen LogP contribution in [0.4, 0.5) is 0 Å². The Morgan fingerprint density at radius 3 is 2.69 bits per heavy atom. The second-order valence-corrected chi connectivity index (χ2v) is 4.07. The molecule has 82 valence electrons. The summed E-state index contributed by atoms with van der Waals surface area (Å²) in [6.07, 6.45) is 3.12. The number of aromatic nitrogens is 2. The van der Waals surface area contributed by atoms with Gasteiger partial charge in [-0.2, -0.15) is 0 Å². The van der Waals surface area contributed by atoms with Gasteiger partial charge in [-0.15, -0.1) is 0 Å². The summed E-state index contributed by atoms with van der Waals surface area (Å²) >= 11 is 0. The van der Waals surface area contributed by atoms with E-state index in [1.165, 1.54) is 0 Å². The lowest BCUT2D eigenvalue weighted by atomic mass is 10.1. The van der Waals surface area contributed by atoms with Crippen molar-refractivity contribution in [1.82, 2.24) is 9.66 Å². The molecule has 1 aromatic heterocycles. The van der Waals surface area contributed by atoms with E-state index < -0.39 is 0 Å². The number of piperidine rings is 1. The van der Waals surface area contributed by atoms with E-state index in [9.17, 15) is 4.79 Å². The molecule has 0 spiro atoms. The van der Waals surface area contributed by atoms with Crippen molar-refractivity contribution in [3.05, 3.63) is 30.6 Å². The average Bonchev–Trinajstić information content (AvgIpc) is 2.74. The van der Waals surface area contributed by atoms with Crippen molar-refractivity contribution in [3.8, 4) is 0 Å². The molecular weight excluding hydrogens is 202 g/mol. The van der Waals surface area contributed by atoms with E-state index in [0.29, 0.717) is 18.6 Å². The van der Waals surface area contributed by atoms with Gasteiger partial charge in [0.25, 0.3) is 0 Å². The SMILES string of the molecule is O=C1CCN(n2cnc3ccccc32)CC1. The van der Waals surface area contributed by atoms with Gasteiger partial charge in [0.2, 0.25) is 0 Å². The molecule has 1 aromatic carbocycles. The van der Waals surface area contributed by atoms with E-state index >= 15 is 0 Å². The maximum atomic E-state index is 11.2. The van der Waals surface area contributed by atoms with Crippen LogP contribution in [-0.2, 0) is 4.79 Å². The highest BCUT2D eigenvalue weighted by Gasteiger charge is 2.17. The van der Waals surface area contributed by atoms with Gasteiger partial charge in [-0.3, -0.25) is 4.79 Å². The molecule has 4 nitrogen and oxygen atoms in total. The topological polar surface area (TPSA) is 38.1 Å². The van der Waals surface area contributed by atoms with Crippen LogP contribution in [0.2, 0.25) is 0 Å². The molecule has 16 heavy (non-hydrogen) atoms. The zero-order valence-electron chi connectivity index (χ0n) is 8.97. The lowest BCUT2D eigenvalue weighted by Gasteiger charge is -2.29. The largest absolute Gasteiger partial charge is 0.310 e. The Morgan fingerprint density at radius 1 is 1.12 bits per heavy atom. The lowest BCUT2D eigenvalue weighted by Crippen LogP contribution is -2.41. The maximum absolute atomic E-state index is 11.2. The van der Waals surface area contributed by atoms with E-state index in [0.717, 1.165) is 24.1 Å². The molecule has 3 rings (SSSR count). The third-order valence-corrected chi connectivity index (χ3v) is 3.04. The zero-order valence-corrected chi connectivity index (χ0v) is 8.97. The Hall–Kier alpha value is -1.84. The van der Waals surface area contributed by atoms with E-state index in [2.05, 4.69) is 20.7 Å². The molecule has 1 aliphatic heterocycles. The van der Waals surface area contributed by atoms with Gasteiger partial charge in [0.15, 0.2) is 0 Å². The van der Waals surface area contributed by atoms with Crippen LogP contribution < -0.4 is 5.01 Å². The third-order valence-electron chi connectivity index (χ3n) is 3.04. The molecule has 0 N–H and O–H groups in total. The Kier molecular flexibility index (Phi) is 2.13. The summed E-state index contributed by atoms with van der Waals surface area (Å²) in [6.45, 7) is 1.58. The molecule has 0 aliphatic carbocycles. The fourth-order valence-electron chi connectivity index (χ4n) is 2.13. The van der Waals surface area contributed by atoms with Gasteiger partial charge >= 0.3 is 0 Å². The van der Waals surface area contributed by atoms with Crippen molar-refractivity contribution in [2.75, 3.05) is 18.1 Å². The molecule has 0 amide bonds. The summed E-state index contributed by atoms with van der Waals surface area (Å²) in [6, 6.07) is 8.05. The number of ketones is 1. The van der Waals surface area contributed by atoms with Crippen LogP contribution in [0.1, 0.15) is 12.8 Å². The number of carbonyl (C=O) groups is 1. The van der Waals surface area contributed by atoms with E-state index in [-0.39, 0.29) is 0 Å². The summed E-state index contributed by atoms with van der Waals surface area (Å²) in [5, 5.41) is 2.18. The number of benzene rings is 1. The van der Waals surface area contributed by atoms with Crippen molar-refractivity contribution in [2.24, 2.45) is 0 Å². The van der Waals surface area contributed by atoms with Crippen LogP contribution in [0, 0.1) is 0 Å². The van der Waals surface area contributed by atoms with Crippen LogP contribution in [0.3, 0.4) is 0 Å². The van der Waals surface area contributed by atoms with Crippen LogP contribution in [-0.4, -0.2) is 28.5 Å². The molecule has 0 bridgehead atoms. The van der Waals surface area contributed by atoms with Gasteiger partial charge in [0.05, 0.1) is 11.0 Å². The van der Waals surface area contributed by atoms with Gasteiger partial charge in [-0.1, -0.05) is 12.1 Å². The molecule has 1 aliphatic rings. The van der Waals surface area contributed by atoms with Crippen LogP contribution >= 0.6 is 0 Å². The van der Waals surface area contributed by atoms with Crippen LogP contribution in [0.5, 0.6) is 0 Å². The number of hydrogen-bond acceptors (Lipinski definition) is 3. The molecule has 0 unspecified atom stereocenters. The van der Waals surface area contributed by atoms with Gasteiger partial charge in [-0.05, 0) is 12.1 Å². The highest BCUT2D eigenvalue weighted by atomic mass is 16.1. The summed E-state index contributed by atoms with van der Waals surface area (Å²) in [7, 11) is 0. The predicted octanol–water partition coefficient (Wildman–Crippen LogP) is 1.34. The Morgan fingerprint density at radius 2 is 1.88 bits per heavy atom. The van der Waals surface area contributed by atoms with Crippen LogP contribution in [0.15, 0.2) is 30.6 Å². The van der Waals surface area contributed by atoms with E-state index in [1.54, 1.807) is 0 Å². The van der Waals surface area contributed by atoms with Crippen LogP contribution in [0.25, 0.3) is 11.0 Å². The first-order chi connectivity index (χ1) is 7.84. The van der Waals surface area contributed by atoms with Crippen molar-refractivity contribution < 1.29 is 4.79 Å². The molecule has 0 atom stereocenters. The number of hydrogen-bond donors (Lipinski definition) is 0. The Balaban J connectivity index is 1.97. The second kappa shape index (κ2) is 3.63. The Labute approximate surface area is 93.5 Å². The number of fused-ring (bicyclic) bond motifs is 1. The Bertz CT molecular complexity index is 522. The summed E-state index contributed by atoms with van der Waals surface area (Å²) in [4.78, 5) is 15.5. The van der Waals surface area contributed by atoms with E-state index in [4.69, 9.17) is 0 Å². The summed E-state index contributed by atoms with van der Waals surface area (Å²) in [5.74, 6) is 0.362. The van der Waals surface area contributed by atoms with Crippen molar-refractivity contribution >= 4 is 16.8 Å². The lowest BCUT2D eigenvalue weighted by molar-refractivity contribution is -0.119. The highest BCUT2D eigenvalue weighted by Crippen LogP contribution is 2.14. The monoisotopic (exact) mass is 215 g/mol. The van der Waals surface area contributed by atoms with Gasteiger partial charge in [-0.25, -0.2) is 9.66 Å². The molecule has 1 fully saturated rings. The van der Waals surface area contributed by atoms with Gasteiger partial charge < -0.3 is 5.01 Å². The summed E-state index contributed by atoms with van der Waals surface area (Å²) in [5.41, 5.74) is 2.11. The molecule has 2 aromatic rings. The molecular formula is C12H13N3O. The van der Waals surface area contributed by atoms with Crippen molar-refractivity contribution in [3.63, 3.8) is 0 Å². The minimum absolute atomic E-state index is 0.362. The fourth-order valence-corrected chi connectivity index (χ4v) is 2.13. The average molecular weight is 215 g/mol. The zero-order chi connectivity index (χ0) is 11.0. The molecule has 2 heterocycles. The third kappa shape index (κ3) is 1.46. The molecule has 0 radical (unpaired) electrons. The summed E-state index contributed by atoms with van der Waals surface area (Å²) < 4.78 is 2.06. The predicted molar refractivity (Wildman–Crippen MR) is 61.9 cm³/mol. The number of rotatable bonds is 1. The first-order valence-corrected chi connectivity index (χ1v) is 5.53. The number of carbonyl (C=O) groups excluding carboxylic acids is 1.